The van der Waals surface area contributed by atoms with Crippen molar-refractivity contribution in [1.82, 2.24) is 4.98 Å². The minimum absolute atomic E-state index is 0.586. The summed E-state index contributed by atoms with van der Waals surface area (Å²) in [6.45, 7) is 2.90. The Morgan fingerprint density at radius 1 is 1.60 bits per heavy atom. The number of aromatic nitrogens is 1. The molecule has 1 aromatic rings. The van der Waals surface area contributed by atoms with Crippen LogP contribution in [0, 0.1) is 5.92 Å². The molecule has 1 saturated heterocycles. The van der Waals surface area contributed by atoms with E-state index in [9.17, 15) is 0 Å². The molecule has 1 unspecified atom stereocenters. The molecule has 0 amide bonds. The van der Waals surface area contributed by atoms with Crippen LogP contribution in [0.15, 0.2) is 18.2 Å². The minimum Gasteiger partial charge on any atom is -0.384 e. The molecule has 0 bridgehead atoms. The zero-order valence-electron chi connectivity index (χ0n) is 9.02. The summed E-state index contributed by atoms with van der Waals surface area (Å²) in [4.78, 5) is 6.58. The Morgan fingerprint density at radius 3 is 3.20 bits per heavy atom. The fourth-order valence-corrected chi connectivity index (χ4v) is 2.03. The van der Waals surface area contributed by atoms with Gasteiger partial charge in [-0.1, -0.05) is 6.07 Å². The Hall–Kier alpha value is -1.29. The van der Waals surface area contributed by atoms with Crippen molar-refractivity contribution < 1.29 is 4.74 Å². The van der Waals surface area contributed by atoms with Crippen LogP contribution in [0.2, 0.25) is 0 Å². The molecule has 4 nitrogen and oxygen atoms in total. The van der Waals surface area contributed by atoms with Crippen molar-refractivity contribution in [1.29, 1.82) is 0 Å². The highest BCUT2D eigenvalue weighted by atomic mass is 16.5. The SMILES string of the molecule is COCC1CCN(c2cccc(N)n2)C1. The summed E-state index contributed by atoms with van der Waals surface area (Å²) in [6, 6.07) is 5.76. The summed E-state index contributed by atoms with van der Waals surface area (Å²) in [6.07, 6.45) is 1.17. The normalized spacial score (nSPS) is 20.9. The molecular formula is C11H17N3O. The smallest absolute Gasteiger partial charge is 0.130 e. The highest BCUT2D eigenvalue weighted by Crippen LogP contribution is 2.22. The standard InChI is InChI=1S/C11H17N3O/c1-15-8-9-5-6-14(7-9)11-4-2-3-10(12)13-11/h2-4,9H,5-8H2,1H3,(H2,12,13). The molecule has 1 aromatic heterocycles. The van der Waals surface area contributed by atoms with Crippen molar-refractivity contribution in [2.45, 2.75) is 6.42 Å². The van der Waals surface area contributed by atoms with Gasteiger partial charge >= 0.3 is 0 Å². The van der Waals surface area contributed by atoms with Crippen molar-refractivity contribution in [2.24, 2.45) is 5.92 Å². The van der Waals surface area contributed by atoms with E-state index in [1.54, 1.807) is 7.11 Å². The van der Waals surface area contributed by atoms with Gasteiger partial charge in [0.2, 0.25) is 0 Å². The second kappa shape index (κ2) is 4.49. The van der Waals surface area contributed by atoms with E-state index < -0.39 is 0 Å². The third kappa shape index (κ3) is 2.39. The maximum Gasteiger partial charge on any atom is 0.130 e. The number of ether oxygens (including phenoxy) is 1. The lowest BCUT2D eigenvalue weighted by Gasteiger charge is -2.17. The largest absolute Gasteiger partial charge is 0.384 e. The van der Waals surface area contributed by atoms with E-state index >= 15 is 0 Å². The van der Waals surface area contributed by atoms with Crippen LogP contribution >= 0.6 is 0 Å². The quantitative estimate of drug-likeness (QED) is 0.807. The minimum atomic E-state index is 0.586. The van der Waals surface area contributed by atoms with Crippen LogP contribution in [0.25, 0.3) is 0 Å². The molecule has 1 atom stereocenters. The highest BCUT2D eigenvalue weighted by molar-refractivity contribution is 5.45. The van der Waals surface area contributed by atoms with Crippen molar-refractivity contribution >= 4 is 11.6 Å². The van der Waals surface area contributed by atoms with Gasteiger partial charge in [-0.3, -0.25) is 0 Å². The van der Waals surface area contributed by atoms with Crippen molar-refractivity contribution in [3.8, 4) is 0 Å². The lowest BCUT2D eigenvalue weighted by molar-refractivity contribution is 0.161. The zero-order valence-corrected chi connectivity index (χ0v) is 9.02. The number of pyridine rings is 1. The molecule has 1 aliphatic rings. The van der Waals surface area contributed by atoms with Crippen LogP contribution in [-0.4, -0.2) is 31.8 Å². The summed E-state index contributed by atoms with van der Waals surface area (Å²) in [7, 11) is 1.75. The predicted molar refractivity (Wildman–Crippen MR) is 60.8 cm³/mol. The molecule has 4 heteroatoms. The Bertz CT molecular complexity index is 329. The van der Waals surface area contributed by atoms with Gasteiger partial charge in [-0.25, -0.2) is 4.98 Å². The highest BCUT2D eigenvalue weighted by Gasteiger charge is 2.23. The third-order valence-corrected chi connectivity index (χ3v) is 2.77. The van der Waals surface area contributed by atoms with E-state index in [2.05, 4.69) is 9.88 Å². The molecule has 0 radical (unpaired) electrons. The summed E-state index contributed by atoms with van der Waals surface area (Å²) < 4.78 is 5.16. The molecule has 0 spiro atoms. The van der Waals surface area contributed by atoms with Gasteiger partial charge in [0.05, 0.1) is 6.61 Å². The van der Waals surface area contributed by atoms with Gasteiger partial charge in [-0.2, -0.15) is 0 Å². The molecule has 82 valence electrons. The number of nitrogen functional groups attached to an aromatic ring is 1. The second-order valence-corrected chi connectivity index (χ2v) is 3.98. The average Bonchev–Trinajstić information content (AvgIpc) is 2.67. The maximum atomic E-state index is 5.66. The van der Waals surface area contributed by atoms with E-state index in [4.69, 9.17) is 10.5 Å². The number of nitrogens with zero attached hydrogens (tertiary/aromatic N) is 2. The number of rotatable bonds is 3. The van der Waals surface area contributed by atoms with Gasteiger partial charge in [0.1, 0.15) is 11.6 Å². The topological polar surface area (TPSA) is 51.4 Å². The second-order valence-electron chi connectivity index (χ2n) is 3.98. The summed E-state index contributed by atoms with van der Waals surface area (Å²) >= 11 is 0. The van der Waals surface area contributed by atoms with Crippen molar-refractivity contribution in [3.05, 3.63) is 18.2 Å². The first-order valence-corrected chi connectivity index (χ1v) is 5.26. The van der Waals surface area contributed by atoms with Crippen LogP contribution < -0.4 is 10.6 Å². The van der Waals surface area contributed by atoms with Crippen LogP contribution in [0.5, 0.6) is 0 Å². The average molecular weight is 207 g/mol. The molecule has 0 saturated carbocycles. The summed E-state index contributed by atoms with van der Waals surface area (Å²) in [5, 5.41) is 0. The molecule has 2 rings (SSSR count). The lowest BCUT2D eigenvalue weighted by atomic mass is 10.1. The molecule has 2 N–H and O–H groups in total. The molecule has 0 aromatic carbocycles. The Morgan fingerprint density at radius 2 is 2.47 bits per heavy atom. The van der Waals surface area contributed by atoms with E-state index in [1.807, 2.05) is 18.2 Å². The van der Waals surface area contributed by atoms with Crippen LogP contribution in [0.3, 0.4) is 0 Å². The van der Waals surface area contributed by atoms with Gasteiger partial charge < -0.3 is 15.4 Å². The fraction of sp³-hybridized carbons (Fsp3) is 0.545. The van der Waals surface area contributed by atoms with Crippen molar-refractivity contribution in [3.63, 3.8) is 0 Å². The number of nitrogens with two attached hydrogens (primary N) is 1. The van der Waals surface area contributed by atoms with E-state index in [1.165, 1.54) is 6.42 Å². The van der Waals surface area contributed by atoms with Crippen LogP contribution in [0.1, 0.15) is 6.42 Å². The number of anilines is 2. The summed E-state index contributed by atoms with van der Waals surface area (Å²) in [5.74, 6) is 2.19. The zero-order chi connectivity index (χ0) is 10.7. The molecule has 1 fully saturated rings. The third-order valence-electron chi connectivity index (χ3n) is 2.77. The molecule has 0 aliphatic carbocycles. The van der Waals surface area contributed by atoms with E-state index in [-0.39, 0.29) is 0 Å². The first kappa shape index (κ1) is 10.2. The maximum absolute atomic E-state index is 5.66. The number of methoxy groups -OCH3 is 1. The van der Waals surface area contributed by atoms with Crippen LogP contribution in [-0.2, 0) is 4.74 Å². The van der Waals surface area contributed by atoms with Crippen LogP contribution in [0.4, 0.5) is 11.6 Å². The van der Waals surface area contributed by atoms with Crippen molar-refractivity contribution in [2.75, 3.05) is 37.4 Å². The van der Waals surface area contributed by atoms with Gasteiger partial charge in [0.25, 0.3) is 0 Å². The van der Waals surface area contributed by atoms with Gasteiger partial charge in [0, 0.05) is 26.1 Å². The van der Waals surface area contributed by atoms with E-state index in [0.29, 0.717) is 11.7 Å². The number of hydrogen-bond donors (Lipinski definition) is 1. The fourth-order valence-electron chi connectivity index (χ4n) is 2.03. The Balaban J connectivity index is 2.01. The van der Waals surface area contributed by atoms with Gasteiger partial charge in [-0.05, 0) is 18.6 Å². The van der Waals surface area contributed by atoms with Gasteiger partial charge in [-0.15, -0.1) is 0 Å². The summed E-state index contributed by atoms with van der Waals surface area (Å²) in [5.41, 5.74) is 5.66. The van der Waals surface area contributed by atoms with E-state index in [0.717, 1.165) is 25.5 Å². The molecule has 2 heterocycles. The Labute approximate surface area is 90.0 Å². The Kier molecular flexibility index (Phi) is 3.06. The lowest BCUT2D eigenvalue weighted by Crippen LogP contribution is -2.22. The predicted octanol–water partition coefficient (Wildman–Crippen LogP) is 1.14. The first-order chi connectivity index (χ1) is 7.29. The molecule has 1 aliphatic heterocycles. The first-order valence-electron chi connectivity index (χ1n) is 5.26. The molecular weight excluding hydrogens is 190 g/mol. The molecule has 15 heavy (non-hydrogen) atoms. The van der Waals surface area contributed by atoms with Gasteiger partial charge in [0.15, 0.2) is 0 Å². The number of hydrogen-bond acceptors (Lipinski definition) is 4. The monoisotopic (exact) mass is 207 g/mol.